The third kappa shape index (κ3) is 3.90. The number of amides is 1. The number of ether oxygens (including phenoxy) is 1. The van der Waals surface area contributed by atoms with Gasteiger partial charge in [-0.15, -0.1) is 0 Å². The summed E-state index contributed by atoms with van der Waals surface area (Å²) in [5.74, 6) is 1.39. The minimum atomic E-state index is 0.0593. The lowest BCUT2D eigenvalue weighted by Crippen LogP contribution is -2.32. The Morgan fingerprint density at radius 3 is 2.90 bits per heavy atom. The second kappa shape index (κ2) is 7.34. The average Bonchev–Trinajstić information content (AvgIpc) is 2.72. The van der Waals surface area contributed by atoms with Crippen LogP contribution >= 0.6 is 0 Å². The smallest absolute Gasteiger partial charge is 0.257 e. The lowest BCUT2D eigenvalue weighted by molar-refractivity contribution is 0.0756. The van der Waals surface area contributed by atoms with Crippen LogP contribution in [0.4, 0.5) is 5.69 Å². The molecule has 21 heavy (non-hydrogen) atoms. The fourth-order valence-corrected chi connectivity index (χ4v) is 3.12. The third-order valence-corrected chi connectivity index (χ3v) is 4.29. The van der Waals surface area contributed by atoms with Crippen molar-refractivity contribution in [3.8, 4) is 5.75 Å². The van der Waals surface area contributed by atoms with E-state index in [-0.39, 0.29) is 5.91 Å². The Balaban J connectivity index is 2.09. The first kappa shape index (κ1) is 15.7. The van der Waals surface area contributed by atoms with Gasteiger partial charge in [-0.3, -0.25) is 4.79 Å². The quantitative estimate of drug-likeness (QED) is 0.865. The standard InChI is InChI=1S/C17H26N2O2/c1-3-5-13-6-4-10-19(11-9-13)17(20)15-8-7-14(18)12-16(15)21-2/h7-8,12-13H,3-6,9-11,18H2,1-2H3. The minimum Gasteiger partial charge on any atom is -0.496 e. The number of nitrogen functional groups attached to an aromatic ring is 1. The van der Waals surface area contributed by atoms with Crippen molar-refractivity contribution < 1.29 is 9.53 Å². The molecule has 0 aliphatic carbocycles. The van der Waals surface area contributed by atoms with Gasteiger partial charge in [-0.25, -0.2) is 0 Å². The maximum absolute atomic E-state index is 12.7. The normalized spacial score (nSPS) is 19.1. The first-order valence-corrected chi connectivity index (χ1v) is 7.88. The second-order valence-corrected chi connectivity index (χ2v) is 5.84. The SMILES string of the molecule is CCCC1CCCN(C(=O)c2ccc(N)cc2OC)CC1. The lowest BCUT2D eigenvalue weighted by atomic mass is 9.96. The minimum absolute atomic E-state index is 0.0593. The number of nitrogens with zero attached hydrogens (tertiary/aromatic N) is 1. The molecule has 0 aromatic heterocycles. The molecule has 1 aliphatic heterocycles. The number of methoxy groups -OCH3 is 1. The molecule has 1 atom stereocenters. The molecule has 2 N–H and O–H groups in total. The molecule has 1 aliphatic rings. The zero-order chi connectivity index (χ0) is 15.2. The van der Waals surface area contributed by atoms with Crippen molar-refractivity contribution in [2.75, 3.05) is 25.9 Å². The van der Waals surface area contributed by atoms with E-state index in [0.717, 1.165) is 31.8 Å². The molecule has 1 amide bonds. The zero-order valence-electron chi connectivity index (χ0n) is 13.1. The van der Waals surface area contributed by atoms with Gasteiger partial charge in [0.05, 0.1) is 12.7 Å². The number of anilines is 1. The zero-order valence-corrected chi connectivity index (χ0v) is 13.1. The Morgan fingerprint density at radius 2 is 2.19 bits per heavy atom. The van der Waals surface area contributed by atoms with E-state index in [1.807, 2.05) is 4.90 Å². The fraction of sp³-hybridized carbons (Fsp3) is 0.588. The van der Waals surface area contributed by atoms with E-state index < -0.39 is 0 Å². The van der Waals surface area contributed by atoms with E-state index in [0.29, 0.717) is 17.0 Å². The van der Waals surface area contributed by atoms with Crippen LogP contribution in [-0.4, -0.2) is 31.0 Å². The monoisotopic (exact) mass is 290 g/mol. The molecule has 4 heteroatoms. The molecule has 1 aromatic rings. The van der Waals surface area contributed by atoms with E-state index in [9.17, 15) is 4.79 Å². The van der Waals surface area contributed by atoms with Crippen LogP contribution in [0.2, 0.25) is 0 Å². The van der Waals surface area contributed by atoms with Gasteiger partial charge in [-0.05, 0) is 37.3 Å². The summed E-state index contributed by atoms with van der Waals surface area (Å²) in [5.41, 5.74) is 6.98. The Bertz CT molecular complexity index is 488. The van der Waals surface area contributed by atoms with E-state index in [4.69, 9.17) is 10.5 Å². The van der Waals surface area contributed by atoms with Gasteiger partial charge in [-0.1, -0.05) is 19.8 Å². The number of nitrogens with two attached hydrogens (primary N) is 1. The molecular formula is C17H26N2O2. The molecule has 1 fully saturated rings. The Hall–Kier alpha value is -1.71. The summed E-state index contributed by atoms with van der Waals surface area (Å²) in [6, 6.07) is 5.24. The fourth-order valence-electron chi connectivity index (χ4n) is 3.12. The van der Waals surface area contributed by atoms with Crippen molar-refractivity contribution in [3.05, 3.63) is 23.8 Å². The number of likely N-dealkylation sites (tertiary alicyclic amines) is 1. The van der Waals surface area contributed by atoms with Crippen LogP contribution in [0.25, 0.3) is 0 Å². The number of hydrogen-bond donors (Lipinski definition) is 1. The number of carbonyl (C=O) groups excluding carboxylic acids is 1. The maximum Gasteiger partial charge on any atom is 0.257 e. The van der Waals surface area contributed by atoms with Gasteiger partial charge in [0.2, 0.25) is 0 Å². The van der Waals surface area contributed by atoms with Crippen LogP contribution in [0.3, 0.4) is 0 Å². The van der Waals surface area contributed by atoms with Crippen molar-refractivity contribution in [1.82, 2.24) is 4.90 Å². The summed E-state index contributed by atoms with van der Waals surface area (Å²) in [6.07, 6.45) is 5.93. The third-order valence-electron chi connectivity index (χ3n) is 4.29. The van der Waals surface area contributed by atoms with Gasteiger partial charge in [0.25, 0.3) is 5.91 Å². The number of benzene rings is 1. The molecule has 0 radical (unpaired) electrons. The van der Waals surface area contributed by atoms with E-state index in [1.54, 1.807) is 25.3 Å². The Kier molecular flexibility index (Phi) is 5.48. The predicted molar refractivity (Wildman–Crippen MR) is 85.6 cm³/mol. The van der Waals surface area contributed by atoms with Crippen LogP contribution in [0.15, 0.2) is 18.2 Å². The molecule has 1 saturated heterocycles. The molecule has 0 saturated carbocycles. The Labute approximate surface area is 127 Å². The summed E-state index contributed by atoms with van der Waals surface area (Å²) in [5, 5.41) is 0. The van der Waals surface area contributed by atoms with Gasteiger partial charge in [-0.2, -0.15) is 0 Å². The average molecular weight is 290 g/mol. The highest BCUT2D eigenvalue weighted by Gasteiger charge is 2.23. The van der Waals surface area contributed by atoms with Crippen LogP contribution in [-0.2, 0) is 0 Å². The van der Waals surface area contributed by atoms with Crippen molar-refractivity contribution in [2.24, 2.45) is 5.92 Å². The van der Waals surface area contributed by atoms with Crippen molar-refractivity contribution in [1.29, 1.82) is 0 Å². The summed E-state index contributed by atoms with van der Waals surface area (Å²) in [6.45, 7) is 3.91. The summed E-state index contributed by atoms with van der Waals surface area (Å²) >= 11 is 0. The molecule has 1 heterocycles. The van der Waals surface area contributed by atoms with Crippen LogP contribution in [0, 0.1) is 5.92 Å². The predicted octanol–water partition coefficient (Wildman–Crippen LogP) is 3.32. The molecule has 1 aromatic carbocycles. The summed E-state index contributed by atoms with van der Waals surface area (Å²) < 4.78 is 5.30. The largest absolute Gasteiger partial charge is 0.496 e. The van der Waals surface area contributed by atoms with Gasteiger partial charge < -0.3 is 15.4 Å². The number of carbonyl (C=O) groups is 1. The van der Waals surface area contributed by atoms with Gasteiger partial charge in [0.1, 0.15) is 5.75 Å². The van der Waals surface area contributed by atoms with Crippen molar-refractivity contribution in [2.45, 2.75) is 39.0 Å². The van der Waals surface area contributed by atoms with Gasteiger partial charge in [0, 0.05) is 24.8 Å². The van der Waals surface area contributed by atoms with E-state index in [1.165, 1.54) is 19.3 Å². The van der Waals surface area contributed by atoms with E-state index >= 15 is 0 Å². The molecule has 4 nitrogen and oxygen atoms in total. The summed E-state index contributed by atoms with van der Waals surface area (Å²) in [7, 11) is 1.57. The highest BCUT2D eigenvalue weighted by atomic mass is 16.5. The van der Waals surface area contributed by atoms with Gasteiger partial charge in [0.15, 0.2) is 0 Å². The molecule has 1 unspecified atom stereocenters. The highest BCUT2D eigenvalue weighted by molar-refractivity contribution is 5.97. The molecule has 116 valence electrons. The van der Waals surface area contributed by atoms with Gasteiger partial charge >= 0.3 is 0 Å². The van der Waals surface area contributed by atoms with Crippen LogP contribution in [0.5, 0.6) is 5.75 Å². The van der Waals surface area contributed by atoms with E-state index in [2.05, 4.69) is 6.92 Å². The second-order valence-electron chi connectivity index (χ2n) is 5.84. The first-order valence-electron chi connectivity index (χ1n) is 7.88. The maximum atomic E-state index is 12.7. The molecule has 2 rings (SSSR count). The van der Waals surface area contributed by atoms with Crippen molar-refractivity contribution >= 4 is 11.6 Å². The van der Waals surface area contributed by atoms with Crippen molar-refractivity contribution in [3.63, 3.8) is 0 Å². The number of hydrogen-bond acceptors (Lipinski definition) is 3. The lowest BCUT2D eigenvalue weighted by Gasteiger charge is -2.22. The molecule has 0 bridgehead atoms. The Morgan fingerprint density at radius 1 is 1.38 bits per heavy atom. The van der Waals surface area contributed by atoms with Crippen LogP contribution in [0.1, 0.15) is 49.4 Å². The number of rotatable bonds is 4. The summed E-state index contributed by atoms with van der Waals surface area (Å²) in [4.78, 5) is 14.7. The highest BCUT2D eigenvalue weighted by Crippen LogP contribution is 2.26. The van der Waals surface area contributed by atoms with Crippen LogP contribution < -0.4 is 10.5 Å². The molecular weight excluding hydrogens is 264 g/mol. The topological polar surface area (TPSA) is 55.6 Å². The molecule has 0 spiro atoms. The first-order chi connectivity index (χ1) is 10.2.